The van der Waals surface area contributed by atoms with Gasteiger partial charge in [-0.15, -0.1) is 0 Å². The topological polar surface area (TPSA) is 68.3 Å². The van der Waals surface area contributed by atoms with Crippen LogP contribution in [-0.4, -0.2) is 28.5 Å². The second kappa shape index (κ2) is 5.25. The van der Waals surface area contributed by atoms with E-state index in [1.54, 1.807) is 6.07 Å². The van der Waals surface area contributed by atoms with E-state index < -0.39 is 0 Å². The molecule has 5 nitrogen and oxygen atoms in total. The first kappa shape index (κ1) is 12.7. The fourth-order valence-electron chi connectivity index (χ4n) is 2.18. The molecule has 18 heavy (non-hydrogen) atoms. The third-order valence-corrected chi connectivity index (χ3v) is 3.45. The van der Waals surface area contributed by atoms with Crippen LogP contribution in [0.3, 0.4) is 0 Å². The molecule has 2 N–H and O–H groups in total. The van der Waals surface area contributed by atoms with Crippen molar-refractivity contribution in [2.24, 2.45) is 5.92 Å². The molecule has 98 valence electrons. The fourth-order valence-corrected chi connectivity index (χ4v) is 2.18. The molecule has 1 amide bonds. The lowest BCUT2D eigenvalue weighted by molar-refractivity contribution is -0.133. The van der Waals surface area contributed by atoms with E-state index in [1.807, 2.05) is 4.90 Å². The van der Waals surface area contributed by atoms with Crippen LogP contribution in [0.25, 0.3) is 0 Å². The predicted molar refractivity (Wildman–Crippen MR) is 70.1 cm³/mol. The van der Waals surface area contributed by atoms with Gasteiger partial charge in [0.2, 0.25) is 5.91 Å². The molecular weight excluding hydrogens is 230 g/mol. The Morgan fingerprint density at radius 3 is 2.72 bits per heavy atom. The molecule has 0 saturated carbocycles. The fraction of sp³-hybridized carbons (Fsp3) is 0.538. The zero-order chi connectivity index (χ0) is 13.1. The van der Waals surface area contributed by atoms with Crippen molar-refractivity contribution in [3.05, 3.63) is 28.7 Å². The summed E-state index contributed by atoms with van der Waals surface area (Å²) in [4.78, 5) is 25.5. The highest BCUT2D eigenvalue weighted by atomic mass is 16.2. The SMILES string of the molecule is CC1CCN(C(=O)Cn2cc(N)ccc2=O)CC1. The average Bonchev–Trinajstić information content (AvgIpc) is 2.34. The molecule has 5 heteroatoms. The number of carbonyl (C=O) groups is 1. The molecule has 0 spiro atoms. The largest absolute Gasteiger partial charge is 0.398 e. The first-order valence-electron chi connectivity index (χ1n) is 6.30. The summed E-state index contributed by atoms with van der Waals surface area (Å²) in [6.07, 6.45) is 3.60. The Labute approximate surface area is 106 Å². The molecule has 1 aliphatic rings. The standard InChI is InChI=1S/C13H19N3O2/c1-10-4-6-15(7-5-10)13(18)9-16-8-11(14)2-3-12(16)17/h2-3,8,10H,4-7,9,14H2,1H3. The Kier molecular flexibility index (Phi) is 3.69. The van der Waals surface area contributed by atoms with Crippen molar-refractivity contribution in [2.75, 3.05) is 18.8 Å². The number of rotatable bonds is 2. The van der Waals surface area contributed by atoms with E-state index >= 15 is 0 Å². The minimum absolute atomic E-state index is 0.00500. The molecule has 1 fully saturated rings. The number of hydrogen-bond donors (Lipinski definition) is 1. The third kappa shape index (κ3) is 2.91. The quantitative estimate of drug-likeness (QED) is 0.838. The highest BCUT2D eigenvalue weighted by Crippen LogP contribution is 2.16. The van der Waals surface area contributed by atoms with Crippen LogP contribution in [0.15, 0.2) is 23.1 Å². The van der Waals surface area contributed by atoms with Gasteiger partial charge in [-0.2, -0.15) is 0 Å². The summed E-state index contributed by atoms with van der Waals surface area (Å²) in [6.45, 7) is 3.86. The summed E-state index contributed by atoms with van der Waals surface area (Å²) in [7, 11) is 0. The van der Waals surface area contributed by atoms with Crippen LogP contribution in [0.1, 0.15) is 19.8 Å². The van der Waals surface area contributed by atoms with Crippen LogP contribution in [0.4, 0.5) is 5.69 Å². The van der Waals surface area contributed by atoms with E-state index in [0.29, 0.717) is 11.6 Å². The van der Waals surface area contributed by atoms with Gasteiger partial charge in [-0.3, -0.25) is 9.59 Å². The van der Waals surface area contributed by atoms with Crippen LogP contribution >= 0.6 is 0 Å². The lowest BCUT2D eigenvalue weighted by Gasteiger charge is -2.30. The maximum Gasteiger partial charge on any atom is 0.251 e. The number of nitrogen functional groups attached to an aromatic ring is 1. The molecule has 0 aromatic carbocycles. The van der Waals surface area contributed by atoms with E-state index in [9.17, 15) is 9.59 Å². The molecule has 0 aliphatic carbocycles. The number of hydrogen-bond acceptors (Lipinski definition) is 3. The number of piperidine rings is 1. The Hall–Kier alpha value is -1.78. The molecular formula is C13H19N3O2. The molecule has 1 aliphatic heterocycles. The van der Waals surface area contributed by atoms with Crippen molar-refractivity contribution in [3.8, 4) is 0 Å². The lowest BCUT2D eigenvalue weighted by atomic mass is 9.99. The number of likely N-dealkylation sites (tertiary alicyclic amines) is 1. The van der Waals surface area contributed by atoms with Gasteiger partial charge in [0, 0.05) is 31.0 Å². The van der Waals surface area contributed by atoms with Crippen LogP contribution in [0.2, 0.25) is 0 Å². The zero-order valence-electron chi connectivity index (χ0n) is 10.6. The number of pyridine rings is 1. The minimum Gasteiger partial charge on any atom is -0.398 e. The number of carbonyl (C=O) groups excluding carboxylic acids is 1. The summed E-state index contributed by atoms with van der Waals surface area (Å²) in [5, 5.41) is 0. The van der Waals surface area contributed by atoms with Crippen molar-refractivity contribution in [1.82, 2.24) is 9.47 Å². The van der Waals surface area contributed by atoms with E-state index in [4.69, 9.17) is 5.73 Å². The second-order valence-corrected chi connectivity index (χ2v) is 4.99. The number of amides is 1. The highest BCUT2D eigenvalue weighted by Gasteiger charge is 2.20. The lowest BCUT2D eigenvalue weighted by Crippen LogP contribution is -2.41. The van der Waals surface area contributed by atoms with Crippen LogP contribution in [0, 0.1) is 5.92 Å². The van der Waals surface area contributed by atoms with Crippen LogP contribution in [0.5, 0.6) is 0 Å². The van der Waals surface area contributed by atoms with Crippen LogP contribution in [-0.2, 0) is 11.3 Å². The molecule has 1 aromatic heterocycles. The van der Waals surface area contributed by atoms with Gasteiger partial charge in [-0.05, 0) is 24.8 Å². The number of nitrogens with zero attached hydrogens (tertiary/aromatic N) is 2. The molecule has 2 heterocycles. The van der Waals surface area contributed by atoms with Gasteiger partial charge in [-0.1, -0.05) is 6.92 Å². The first-order chi connectivity index (χ1) is 8.56. The van der Waals surface area contributed by atoms with Crippen molar-refractivity contribution in [1.29, 1.82) is 0 Å². The summed E-state index contributed by atoms with van der Waals surface area (Å²) in [5.74, 6) is 0.679. The van der Waals surface area contributed by atoms with Crippen molar-refractivity contribution in [2.45, 2.75) is 26.3 Å². The Morgan fingerprint density at radius 2 is 2.06 bits per heavy atom. The minimum atomic E-state index is -0.192. The van der Waals surface area contributed by atoms with E-state index in [1.165, 1.54) is 16.8 Å². The molecule has 1 saturated heterocycles. The number of anilines is 1. The Morgan fingerprint density at radius 1 is 1.39 bits per heavy atom. The highest BCUT2D eigenvalue weighted by molar-refractivity contribution is 5.76. The molecule has 1 aromatic rings. The molecule has 0 atom stereocenters. The van der Waals surface area contributed by atoms with Gasteiger partial charge in [0.15, 0.2) is 0 Å². The van der Waals surface area contributed by atoms with Crippen molar-refractivity contribution in [3.63, 3.8) is 0 Å². The predicted octanol–water partition coefficient (Wildman–Crippen LogP) is 0.689. The van der Waals surface area contributed by atoms with E-state index in [0.717, 1.165) is 25.9 Å². The summed E-state index contributed by atoms with van der Waals surface area (Å²) >= 11 is 0. The second-order valence-electron chi connectivity index (χ2n) is 4.99. The van der Waals surface area contributed by atoms with Crippen molar-refractivity contribution >= 4 is 11.6 Å². The molecule has 2 rings (SSSR count). The number of nitrogens with two attached hydrogens (primary N) is 1. The molecule has 0 bridgehead atoms. The monoisotopic (exact) mass is 249 g/mol. The Balaban J connectivity index is 2.03. The zero-order valence-corrected chi connectivity index (χ0v) is 10.6. The van der Waals surface area contributed by atoms with Crippen LogP contribution < -0.4 is 11.3 Å². The summed E-state index contributed by atoms with van der Waals surface area (Å²) < 4.78 is 1.37. The van der Waals surface area contributed by atoms with E-state index in [2.05, 4.69) is 6.92 Å². The van der Waals surface area contributed by atoms with Gasteiger partial charge in [-0.25, -0.2) is 0 Å². The van der Waals surface area contributed by atoms with Gasteiger partial charge in [0.1, 0.15) is 6.54 Å². The maximum absolute atomic E-state index is 12.1. The maximum atomic E-state index is 12.1. The van der Waals surface area contributed by atoms with Gasteiger partial charge < -0.3 is 15.2 Å². The first-order valence-corrected chi connectivity index (χ1v) is 6.30. The van der Waals surface area contributed by atoms with Crippen molar-refractivity contribution < 1.29 is 4.79 Å². The molecule has 0 radical (unpaired) electrons. The summed E-state index contributed by atoms with van der Waals surface area (Å²) in [6, 6.07) is 2.94. The van der Waals surface area contributed by atoms with Gasteiger partial charge in [0.25, 0.3) is 5.56 Å². The average molecular weight is 249 g/mol. The Bertz CT molecular complexity index is 487. The van der Waals surface area contributed by atoms with Gasteiger partial charge >= 0.3 is 0 Å². The normalized spacial score (nSPS) is 16.8. The third-order valence-electron chi connectivity index (χ3n) is 3.45. The molecule has 0 unspecified atom stereocenters. The number of aromatic nitrogens is 1. The van der Waals surface area contributed by atoms with E-state index in [-0.39, 0.29) is 18.0 Å². The smallest absolute Gasteiger partial charge is 0.251 e. The van der Waals surface area contributed by atoms with Gasteiger partial charge in [0.05, 0.1) is 0 Å². The summed E-state index contributed by atoms with van der Waals surface area (Å²) in [5.41, 5.74) is 5.92.